The van der Waals surface area contributed by atoms with Crippen molar-refractivity contribution in [2.75, 3.05) is 6.61 Å². The van der Waals surface area contributed by atoms with Crippen molar-refractivity contribution in [3.8, 4) is 0 Å². The molecule has 1 saturated heterocycles. The van der Waals surface area contributed by atoms with Crippen LogP contribution in [0.1, 0.15) is 30.7 Å². The van der Waals surface area contributed by atoms with Crippen molar-refractivity contribution in [1.82, 2.24) is 4.57 Å². The molecule has 0 saturated carbocycles. The first kappa shape index (κ1) is 13.9. The number of fused-ring (bicyclic) bond motifs is 1. The van der Waals surface area contributed by atoms with Gasteiger partial charge in [0.25, 0.3) is 0 Å². The summed E-state index contributed by atoms with van der Waals surface area (Å²) in [7, 11) is 0. The topological polar surface area (TPSA) is 44.4 Å². The van der Waals surface area contributed by atoms with Crippen LogP contribution < -0.4 is 5.76 Å². The van der Waals surface area contributed by atoms with Crippen molar-refractivity contribution in [1.29, 1.82) is 0 Å². The van der Waals surface area contributed by atoms with Crippen LogP contribution in [0.5, 0.6) is 0 Å². The molecule has 2 aromatic rings. The molecule has 1 aliphatic heterocycles. The number of aryl methyl sites for hydroxylation is 1. The van der Waals surface area contributed by atoms with Crippen LogP contribution in [0.3, 0.4) is 0 Å². The summed E-state index contributed by atoms with van der Waals surface area (Å²) >= 11 is 3.73. The molecule has 20 heavy (non-hydrogen) atoms. The molecule has 3 atom stereocenters. The molecular weight excluding hydrogens is 322 g/mol. The Morgan fingerprint density at radius 3 is 2.95 bits per heavy atom. The summed E-state index contributed by atoms with van der Waals surface area (Å²) in [5.41, 5.74) is 2.58. The first-order valence-electron chi connectivity index (χ1n) is 7.00. The largest absolute Gasteiger partial charge is 0.419 e. The van der Waals surface area contributed by atoms with E-state index in [9.17, 15) is 4.79 Å². The minimum absolute atomic E-state index is 0.125. The number of ether oxygens (including phenoxy) is 1. The van der Waals surface area contributed by atoms with Gasteiger partial charge in [-0.3, -0.25) is 4.57 Å². The van der Waals surface area contributed by atoms with Gasteiger partial charge >= 0.3 is 5.76 Å². The Morgan fingerprint density at radius 2 is 2.30 bits per heavy atom. The third-order valence-electron chi connectivity index (χ3n) is 4.06. The standard InChI is InChI=1S/C15H18BrNO3/c1-3-17-11-5-4-10(8-12(11)20-15(17)18)13(16)14-9(2)6-7-19-14/h4-5,8-9,13-14H,3,6-7H2,1-2H3. The van der Waals surface area contributed by atoms with E-state index in [0.29, 0.717) is 18.0 Å². The van der Waals surface area contributed by atoms with Crippen molar-refractivity contribution in [2.24, 2.45) is 5.92 Å². The number of aromatic nitrogens is 1. The Labute approximate surface area is 125 Å². The Morgan fingerprint density at radius 1 is 1.50 bits per heavy atom. The van der Waals surface area contributed by atoms with E-state index in [2.05, 4.69) is 22.9 Å². The number of nitrogens with zero attached hydrogens (tertiary/aromatic N) is 1. The molecule has 2 heterocycles. The Hall–Kier alpha value is -1.07. The molecular formula is C15H18BrNO3. The molecule has 1 aromatic carbocycles. The lowest BCUT2D eigenvalue weighted by Crippen LogP contribution is -2.19. The highest BCUT2D eigenvalue weighted by Gasteiger charge is 2.31. The van der Waals surface area contributed by atoms with E-state index in [1.807, 2.05) is 25.1 Å². The van der Waals surface area contributed by atoms with Crippen molar-refractivity contribution < 1.29 is 9.15 Å². The Kier molecular flexibility index (Phi) is 3.73. The zero-order valence-corrected chi connectivity index (χ0v) is 13.2. The van der Waals surface area contributed by atoms with Crippen LogP contribution in [-0.2, 0) is 11.3 Å². The van der Waals surface area contributed by atoms with Crippen LogP contribution in [0.4, 0.5) is 0 Å². The van der Waals surface area contributed by atoms with E-state index in [4.69, 9.17) is 9.15 Å². The number of hydrogen-bond acceptors (Lipinski definition) is 3. The lowest BCUT2D eigenvalue weighted by molar-refractivity contribution is 0.0935. The SMILES string of the molecule is CCn1c(=O)oc2cc(C(Br)C3OCCC3C)ccc21. The first-order valence-corrected chi connectivity index (χ1v) is 7.92. The molecule has 108 valence electrons. The van der Waals surface area contributed by atoms with E-state index in [0.717, 1.165) is 24.1 Å². The van der Waals surface area contributed by atoms with Crippen molar-refractivity contribution in [2.45, 2.75) is 37.7 Å². The van der Waals surface area contributed by atoms with E-state index >= 15 is 0 Å². The molecule has 1 aliphatic rings. The average molecular weight is 340 g/mol. The average Bonchev–Trinajstić information content (AvgIpc) is 2.99. The number of hydrogen-bond donors (Lipinski definition) is 0. The molecule has 0 amide bonds. The highest BCUT2D eigenvalue weighted by atomic mass is 79.9. The smallest absolute Gasteiger partial charge is 0.408 e. The second-order valence-corrected chi connectivity index (χ2v) is 6.33. The summed E-state index contributed by atoms with van der Waals surface area (Å²) in [6, 6.07) is 5.93. The summed E-state index contributed by atoms with van der Waals surface area (Å²) in [6.45, 7) is 5.58. The number of oxazole rings is 1. The minimum Gasteiger partial charge on any atom is -0.408 e. The third kappa shape index (κ3) is 2.23. The molecule has 3 rings (SSSR count). The molecule has 4 nitrogen and oxygen atoms in total. The van der Waals surface area contributed by atoms with E-state index < -0.39 is 0 Å². The molecule has 1 aromatic heterocycles. The van der Waals surface area contributed by atoms with Gasteiger partial charge in [0, 0.05) is 13.2 Å². The van der Waals surface area contributed by atoms with Crippen LogP contribution in [0.15, 0.2) is 27.4 Å². The van der Waals surface area contributed by atoms with Gasteiger partial charge in [0.05, 0.1) is 16.4 Å². The van der Waals surface area contributed by atoms with Gasteiger partial charge < -0.3 is 9.15 Å². The van der Waals surface area contributed by atoms with Crippen LogP contribution >= 0.6 is 15.9 Å². The second-order valence-electron chi connectivity index (χ2n) is 5.34. The van der Waals surface area contributed by atoms with Crippen LogP contribution in [0.25, 0.3) is 11.1 Å². The lowest BCUT2D eigenvalue weighted by atomic mass is 9.97. The number of alkyl halides is 1. The zero-order valence-electron chi connectivity index (χ0n) is 11.6. The third-order valence-corrected chi connectivity index (χ3v) is 5.11. The zero-order chi connectivity index (χ0) is 14.3. The summed E-state index contributed by atoms with van der Waals surface area (Å²) in [6.07, 6.45) is 1.27. The van der Waals surface area contributed by atoms with Crippen LogP contribution in [0, 0.1) is 5.92 Å². The Balaban J connectivity index is 1.98. The summed E-state index contributed by atoms with van der Waals surface area (Å²) in [5.74, 6) is 0.235. The van der Waals surface area contributed by atoms with Gasteiger partial charge in [-0.05, 0) is 37.0 Å². The summed E-state index contributed by atoms with van der Waals surface area (Å²) in [4.78, 5) is 11.8. The maximum atomic E-state index is 11.7. The number of rotatable bonds is 3. The molecule has 1 fully saturated rings. The van der Waals surface area contributed by atoms with Gasteiger partial charge in [0.1, 0.15) is 0 Å². The van der Waals surface area contributed by atoms with Gasteiger partial charge in [-0.2, -0.15) is 0 Å². The molecule has 0 N–H and O–H groups in total. The van der Waals surface area contributed by atoms with Crippen LogP contribution in [-0.4, -0.2) is 17.3 Å². The lowest BCUT2D eigenvalue weighted by Gasteiger charge is -2.21. The van der Waals surface area contributed by atoms with Gasteiger partial charge in [-0.25, -0.2) is 4.79 Å². The fourth-order valence-electron chi connectivity index (χ4n) is 2.84. The van der Waals surface area contributed by atoms with Gasteiger partial charge in [0.2, 0.25) is 0 Å². The molecule has 3 unspecified atom stereocenters. The quantitative estimate of drug-likeness (QED) is 0.804. The van der Waals surface area contributed by atoms with E-state index in [1.165, 1.54) is 0 Å². The van der Waals surface area contributed by atoms with Crippen molar-refractivity contribution in [3.63, 3.8) is 0 Å². The minimum atomic E-state index is -0.295. The fourth-order valence-corrected chi connectivity index (χ4v) is 3.79. The molecule has 5 heteroatoms. The predicted octanol–water partition coefficient (Wildman–Crippen LogP) is 3.48. The predicted molar refractivity (Wildman–Crippen MR) is 81.3 cm³/mol. The number of benzene rings is 1. The first-order chi connectivity index (χ1) is 9.61. The molecule has 0 radical (unpaired) electrons. The normalized spacial score (nSPS) is 24.4. The molecule has 0 bridgehead atoms. The second kappa shape index (κ2) is 5.37. The van der Waals surface area contributed by atoms with Gasteiger partial charge in [-0.15, -0.1) is 0 Å². The summed E-state index contributed by atoms with van der Waals surface area (Å²) in [5, 5.41) is 0. The molecule has 0 spiro atoms. The Bertz CT molecular complexity index is 675. The fraction of sp³-hybridized carbons (Fsp3) is 0.533. The van der Waals surface area contributed by atoms with Gasteiger partial charge in [0.15, 0.2) is 5.58 Å². The highest BCUT2D eigenvalue weighted by Crippen LogP contribution is 2.37. The van der Waals surface area contributed by atoms with Crippen molar-refractivity contribution >= 4 is 27.0 Å². The maximum absolute atomic E-state index is 11.7. The van der Waals surface area contributed by atoms with Gasteiger partial charge in [-0.1, -0.05) is 28.9 Å². The maximum Gasteiger partial charge on any atom is 0.419 e. The monoisotopic (exact) mass is 339 g/mol. The van der Waals surface area contributed by atoms with E-state index in [-0.39, 0.29) is 16.7 Å². The van der Waals surface area contributed by atoms with Crippen LogP contribution in [0.2, 0.25) is 0 Å². The molecule has 0 aliphatic carbocycles. The summed E-state index contributed by atoms with van der Waals surface area (Å²) < 4.78 is 12.8. The van der Waals surface area contributed by atoms with E-state index in [1.54, 1.807) is 4.57 Å². The number of halogens is 1. The highest BCUT2D eigenvalue weighted by molar-refractivity contribution is 9.09. The van der Waals surface area contributed by atoms with Crippen molar-refractivity contribution in [3.05, 3.63) is 34.3 Å².